The van der Waals surface area contributed by atoms with Gasteiger partial charge in [-0.25, -0.2) is 0 Å². The van der Waals surface area contributed by atoms with E-state index in [9.17, 15) is 0 Å². The summed E-state index contributed by atoms with van der Waals surface area (Å²) in [5.74, 6) is 0. The summed E-state index contributed by atoms with van der Waals surface area (Å²) in [6.45, 7) is 0. The van der Waals surface area contributed by atoms with Crippen LogP contribution in [0.25, 0.3) is 22.0 Å². The van der Waals surface area contributed by atoms with Crippen molar-refractivity contribution in [3.05, 3.63) is 55.0 Å². The van der Waals surface area contributed by atoms with Gasteiger partial charge >= 0.3 is 0 Å². The second kappa shape index (κ2) is 3.49. The quantitative estimate of drug-likeness (QED) is 0.600. The van der Waals surface area contributed by atoms with E-state index in [4.69, 9.17) is 0 Å². The molecular formula is C14H12N2. The summed E-state index contributed by atoms with van der Waals surface area (Å²) in [4.78, 5) is 4.05. The molecule has 0 radical (unpaired) electrons. The Labute approximate surface area is 94.2 Å². The molecule has 0 fully saturated rings. The van der Waals surface area contributed by atoms with E-state index in [1.165, 1.54) is 22.0 Å². The lowest BCUT2D eigenvalue weighted by molar-refractivity contribution is 0.969. The third kappa shape index (κ3) is 1.31. The van der Waals surface area contributed by atoms with E-state index in [-0.39, 0.29) is 0 Å². The van der Waals surface area contributed by atoms with Gasteiger partial charge in [0.25, 0.3) is 0 Å². The van der Waals surface area contributed by atoms with Crippen LogP contribution in [0, 0.1) is 0 Å². The summed E-state index contributed by atoms with van der Waals surface area (Å²) in [7, 11) is 2.07. The molecule has 0 aliphatic heterocycles. The van der Waals surface area contributed by atoms with Gasteiger partial charge in [-0.3, -0.25) is 4.98 Å². The number of hydrogen-bond donors (Lipinski definition) is 0. The summed E-state index contributed by atoms with van der Waals surface area (Å²) in [5, 5.41) is 1.29. The molecule has 0 aliphatic rings. The minimum Gasteiger partial charge on any atom is -0.351 e. The maximum absolute atomic E-state index is 4.05. The van der Waals surface area contributed by atoms with Crippen molar-refractivity contribution in [2.24, 2.45) is 7.05 Å². The number of hydrogen-bond acceptors (Lipinski definition) is 1. The van der Waals surface area contributed by atoms with Crippen molar-refractivity contribution in [2.45, 2.75) is 0 Å². The molecule has 3 aromatic rings. The van der Waals surface area contributed by atoms with E-state index >= 15 is 0 Å². The minimum atomic E-state index is 1.21. The van der Waals surface area contributed by atoms with Crippen molar-refractivity contribution in [1.29, 1.82) is 0 Å². The smallest absolute Gasteiger partial charge is 0.0483 e. The molecule has 0 N–H and O–H groups in total. The van der Waals surface area contributed by atoms with Crippen LogP contribution >= 0.6 is 0 Å². The van der Waals surface area contributed by atoms with Gasteiger partial charge in [0.2, 0.25) is 0 Å². The molecule has 2 heterocycles. The average Bonchev–Trinajstić information content (AvgIpc) is 2.73. The van der Waals surface area contributed by atoms with Crippen LogP contribution in [-0.2, 0) is 7.05 Å². The van der Waals surface area contributed by atoms with Gasteiger partial charge in [-0.15, -0.1) is 0 Å². The van der Waals surface area contributed by atoms with E-state index in [2.05, 4.69) is 47.1 Å². The third-order valence-electron chi connectivity index (χ3n) is 2.92. The fourth-order valence-corrected chi connectivity index (χ4v) is 2.09. The van der Waals surface area contributed by atoms with Crippen LogP contribution in [0.1, 0.15) is 0 Å². The molecule has 2 nitrogen and oxygen atoms in total. The Morgan fingerprint density at radius 1 is 1.00 bits per heavy atom. The molecule has 0 unspecified atom stereocenters. The zero-order valence-corrected chi connectivity index (χ0v) is 9.09. The van der Waals surface area contributed by atoms with Crippen LogP contribution in [0.5, 0.6) is 0 Å². The van der Waals surface area contributed by atoms with Crippen LogP contribution in [0.3, 0.4) is 0 Å². The lowest BCUT2D eigenvalue weighted by atomic mass is 10.0. The highest BCUT2D eigenvalue weighted by Crippen LogP contribution is 2.28. The van der Waals surface area contributed by atoms with Crippen molar-refractivity contribution in [3.8, 4) is 11.1 Å². The predicted molar refractivity (Wildman–Crippen MR) is 66.2 cm³/mol. The maximum Gasteiger partial charge on any atom is 0.0483 e. The van der Waals surface area contributed by atoms with Gasteiger partial charge in [-0.05, 0) is 35.4 Å². The van der Waals surface area contributed by atoms with Crippen molar-refractivity contribution in [3.63, 3.8) is 0 Å². The van der Waals surface area contributed by atoms with Gasteiger partial charge in [0, 0.05) is 36.5 Å². The largest absolute Gasteiger partial charge is 0.351 e. The molecule has 1 aromatic carbocycles. The maximum atomic E-state index is 4.05. The van der Waals surface area contributed by atoms with E-state index in [1.807, 2.05) is 24.5 Å². The number of aryl methyl sites for hydroxylation is 1. The van der Waals surface area contributed by atoms with Gasteiger partial charge in [-0.1, -0.05) is 12.1 Å². The molecular weight excluding hydrogens is 196 g/mol. The van der Waals surface area contributed by atoms with Crippen LogP contribution in [0.4, 0.5) is 0 Å². The summed E-state index contributed by atoms with van der Waals surface area (Å²) < 4.78 is 2.14. The highest BCUT2D eigenvalue weighted by molar-refractivity contribution is 5.95. The van der Waals surface area contributed by atoms with Crippen molar-refractivity contribution in [2.75, 3.05) is 0 Å². The van der Waals surface area contributed by atoms with Gasteiger partial charge in [0.1, 0.15) is 0 Å². The number of benzene rings is 1. The monoisotopic (exact) mass is 208 g/mol. The zero-order valence-electron chi connectivity index (χ0n) is 9.09. The van der Waals surface area contributed by atoms with Crippen molar-refractivity contribution >= 4 is 10.9 Å². The van der Waals surface area contributed by atoms with Crippen LogP contribution in [-0.4, -0.2) is 9.55 Å². The summed E-state index contributed by atoms with van der Waals surface area (Å²) in [6, 6.07) is 12.6. The molecule has 0 saturated carbocycles. The fourth-order valence-electron chi connectivity index (χ4n) is 2.09. The van der Waals surface area contributed by atoms with Gasteiger partial charge in [0.05, 0.1) is 0 Å². The Balaban J connectivity index is 2.32. The van der Waals surface area contributed by atoms with Crippen LogP contribution < -0.4 is 0 Å². The predicted octanol–water partition coefficient (Wildman–Crippen LogP) is 3.24. The molecule has 0 aliphatic carbocycles. The Morgan fingerprint density at radius 3 is 2.62 bits per heavy atom. The molecule has 2 heteroatoms. The normalized spacial score (nSPS) is 10.8. The summed E-state index contributed by atoms with van der Waals surface area (Å²) >= 11 is 0. The Hall–Kier alpha value is -2.09. The molecule has 78 valence electrons. The lowest BCUT2D eigenvalue weighted by Gasteiger charge is -2.03. The van der Waals surface area contributed by atoms with E-state index in [1.54, 1.807) is 0 Å². The van der Waals surface area contributed by atoms with Crippen molar-refractivity contribution < 1.29 is 0 Å². The second-order valence-corrected chi connectivity index (χ2v) is 3.90. The van der Waals surface area contributed by atoms with Gasteiger partial charge in [0.15, 0.2) is 0 Å². The first kappa shape index (κ1) is 9.16. The van der Waals surface area contributed by atoms with Gasteiger partial charge < -0.3 is 4.57 Å². The minimum absolute atomic E-state index is 1.21. The molecule has 0 saturated heterocycles. The highest BCUT2D eigenvalue weighted by atomic mass is 14.9. The Bertz CT molecular complexity index is 624. The third-order valence-corrected chi connectivity index (χ3v) is 2.92. The zero-order chi connectivity index (χ0) is 11.0. The standard InChI is InChI=1S/C14H12N2/c1-16-10-7-13-12(3-2-4-14(13)16)11-5-8-15-9-6-11/h2-10H,1H3. The molecule has 0 bridgehead atoms. The molecule has 16 heavy (non-hydrogen) atoms. The second-order valence-electron chi connectivity index (χ2n) is 3.90. The molecule has 2 aromatic heterocycles. The van der Waals surface area contributed by atoms with Crippen molar-refractivity contribution in [1.82, 2.24) is 9.55 Å². The molecule has 3 rings (SSSR count). The number of nitrogens with zero attached hydrogens (tertiary/aromatic N) is 2. The molecule has 0 atom stereocenters. The molecule has 0 spiro atoms. The topological polar surface area (TPSA) is 17.8 Å². The van der Waals surface area contributed by atoms with Crippen LogP contribution in [0.2, 0.25) is 0 Å². The first-order chi connectivity index (χ1) is 7.86. The molecule has 0 amide bonds. The summed E-state index contributed by atoms with van der Waals surface area (Å²) in [5.41, 5.74) is 3.74. The number of rotatable bonds is 1. The summed E-state index contributed by atoms with van der Waals surface area (Å²) in [6.07, 6.45) is 5.75. The highest BCUT2D eigenvalue weighted by Gasteiger charge is 2.04. The Kier molecular flexibility index (Phi) is 2.00. The first-order valence-electron chi connectivity index (χ1n) is 5.31. The first-order valence-corrected chi connectivity index (χ1v) is 5.31. The number of pyridine rings is 1. The fraction of sp³-hybridized carbons (Fsp3) is 0.0714. The van der Waals surface area contributed by atoms with Gasteiger partial charge in [-0.2, -0.15) is 0 Å². The number of fused-ring (bicyclic) bond motifs is 1. The lowest BCUT2D eigenvalue weighted by Crippen LogP contribution is -1.84. The number of aromatic nitrogens is 2. The Morgan fingerprint density at radius 2 is 1.81 bits per heavy atom. The van der Waals surface area contributed by atoms with E-state index in [0.29, 0.717) is 0 Å². The SMILES string of the molecule is Cn1ccc2c(-c3ccncc3)cccc21. The van der Waals surface area contributed by atoms with E-state index in [0.717, 1.165) is 0 Å². The van der Waals surface area contributed by atoms with Crippen LogP contribution in [0.15, 0.2) is 55.0 Å². The van der Waals surface area contributed by atoms with E-state index < -0.39 is 0 Å². The average molecular weight is 208 g/mol.